The number of aryl methyl sites for hydroxylation is 1. The Labute approximate surface area is 118 Å². The first-order valence-corrected chi connectivity index (χ1v) is 6.76. The summed E-state index contributed by atoms with van der Waals surface area (Å²) >= 11 is 0. The van der Waals surface area contributed by atoms with Crippen LogP contribution in [0, 0.1) is 6.92 Å². The summed E-state index contributed by atoms with van der Waals surface area (Å²) in [6.45, 7) is 3.56. The van der Waals surface area contributed by atoms with Gasteiger partial charge in [-0.25, -0.2) is 0 Å². The third kappa shape index (κ3) is 3.57. The number of carbonyl (C=O) groups excluding carboxylic acids is 2. The molecule has 1 aromatic rings. The average Bonchev–Trinajstić information content (AvgIpc) is 3.23. The zero-order chi connectivity index (χ0) is 14.7. The molecule has 1 saturated carbocycles. The van der Waals surface area contributed by atoms with Gasteiger partial charge in [-0.1, -0.05) is 6.07 Å². The summed E-state index contributed by atoms with van der Waals surface area (Å²) in [4.78, 5) is 23.8. The summed E-state index contributed by atoms with van der Waals surface area (Å²) in [5.74, 6) is -0.321. The summed E-state index contributed by atoms with van der Waals surface area (Å²) in [6.07, 6.45) is 1.57. The molecule has 20 heavy (non-hydrogen) atoms. The number of carbonyl (C=O) groups is 2. The van der Waals surface area contributed by atoms with Crippen LogP contribution >= 0.6 is 0 Å². The molecule has 108 valence electrons. The van der Waals surface area contributed by atoms with Crippen LogP contribution in [0.5, 0.6) is 0 Å². The van der Waals surface area contributed by atoms with Crippen molar-refractivity contribution < 1.29 is 14.3 Å². The molecule has 0 aliphatic heterocycles. The summed E-state index contributed by atoms with van der Waals surface area (Å²) in [6, 6.07) is 5.61. The van der Waals surface area contributed by atoms with Crippen LogP contribution in [0.3, 0.4) is 0 Å². The third-order valence-corrected chi connectivity index (χ3v) is 3.39. The van der Waals surface area contributed by atoms with E-state index >= 15 is 0 Å². The standard InChI is InChI=1S/C15H20N2O3/c1-9-4-5-11(15(19)16-12-6-7-12)8-13(9)17-14(18)10(2)20-3/h4-5,8,10,12H,6-7H2,1-3H3,(H,16,19)(H,17,18). The fraction of sp³-hybridized carbons (Fsp3) is 0.467. The van der Waals surface area contributed by atoms with Crippen molar-refractivity contribution in [3.8, 4) is 0 Å². The van der Waals surface area contributed by atoms with Gasteiger partial charge in [0.1, 0.15) is 6.10 Å². The maximum Gasteiger partial charge on any atom is 0.253 e. The van der Waals surface area contributed by atoms with Crippen molar-refractivity contribution >= 4 is 17.5 Å². The van der Waals surface area contributed by atoms with Gasteiger partial charge in [0.05, 0.1) is 0 Å². The molecular formula is C15H20N2O3. The number of methoxy groups -OCH3 is 1. The van der Waals surface area contributed by atoms with Gasteiger partial charge in [0, 0.05) is 24.4 Å². The van der Waals surface area contributed by atoms with Crippen LogP contribution < -0.4 is 10.6 Å². The number of amides is 2. The van der Waals surface area contributed by atoms with E-state index in [1.54, 1.807) is 19.1 Å². The van der Waals surface area contributed by atoms with E-state index in [4.69, 9.17) is 4.74 Å². The molecule has 1 aliphatic rings. The number of ether oxygens (including phenoxy) is 1. The molecule has 5 heteroatoms. The second-order valence-corrected chi connectivity index (χ2v) is 5.14. The molecule has 1 fully saturated rings. The molecule has 2 rings (SSSR count). The highest BCUT2D eigenvalue weighted by Crippen LogP contribution is 2.21. The van der Waals surface area contributed by atoms with E-state index in [-0.39, 0.29) is 11.8 Å². The van der Waals surface area contributed by atoms with Crippen molar-refractivity contribution in [2.24, 2.45) is 0 Å². The summed E-state index contributed by atoms with van der Waals surface area (Å²) in [7, 11) is 1.48. The number of hydrogen-bond acceptors (Lipinski definition) is 3. The minimum atomic E-state index is -0.529. The van der Waals surface area contributed by atoms with Crippen LogP contribution in [-0.4, -0.2) is 31.1 Å². The van der Waals surface area contributed by atoms with Crippen LogP contribution in [0.2, 0.25) is 0 Å². The summed E-state index contributed by atoms with van der Waals surface area (Å²) in [5, 5.41) is 5.71. The smallest absolute Gasteiger partial charge is 0.253 e. The van der Waals surface area contributed by atoms with Gasteiger partial charge in [-0.05, 0) is 44.4 Å². The number of anilines is 1. The molecule has 0 heterocycles. The van der Waals surface area contributed by atoms with Gasteiger partial charge in [-0.3, -0.25) is 9.59 Å². The molecular weight excluding hydrogens is 256 g/mol. The molecule has 1 aromatic carbocycles. The molecule has 1 aliphatic carbocycles. The summed E-state index contributed by atoms with van der Waals surface area (Å²) in [5.41, 5.74) is 2.11. The Bertz CT molecular complexity index is 524. The molecule has 0 aromatic heterocycles. The van der Waals surface area contributed by atoms with Gasteiger partial charge in [0.25, 0.3) is 11.8 Å². The summed E-state index contributed by atoms with van der Waals surface area (Å²) < 4.78 is 4.97. The lowest BCUT2D eigenvalue weighted by molar-refractivity contribution is -0.124. The fourth-order valence-electron chi connectivity index (χ4n) is 1.74. The van der Waals surface area contributed by atoms with Gasteiger partial charge >= 0.3 is 0 Å². The first-order chi connectivity index (χ1) is 9.51. The number of benzene rings is 1. The van der Waals surface area contributed by atoms with Crippen LogP contribution in [0.1, 0.15) is 35.7 Å². The Morgan fingerprint density at radius 2 is 2.05 bits per heavy atom. The van der Waals surface area contributed by atoms with Crippen LogP contribution in [0.25, 0.3) is 0 Å². The predicted octanol–water partition coefficient (Wildman–Crippen LogP) is 1.86. The highest BCUT2D eigenvalue weighted by molar-refractivity contribution is 5.99. The van der Waals surface area contributed by atoms with E-state index in [1.807, 2.05) is 13.0 Å². The molecule has 1 unspecified atom stereocenters. The Morgan fingerprint density at radius 3 is 2.65 bits per heavy atom. The van der Waals surface area contributed by atoms with Crippen molar-refractivity contribution in [1.82, 2.24) is 5.32 Å². The van der Waals surface area contributed by atoms with Crippen LogP contribution in [0.4, 0.5) is 5.69 Å². The quantitative estimate of drug-likeness (QED) is 0.862. The van der Waals surface area contributed by atoms with Crippen molar-refractivity contribution in [2.45, 2.75) is 38.8 Å². The van der Waals surface area contributed by atoms with Gasteiger partial charge in [-0.2, -0.15) is 0 Å². The van der Waals surface area contributed by atoms with E-state index in [0.29, 0.717) is 17.3 Å². The number of hydrogen-bond donors (Lipinski definition) is 2. The van der Waals surface area contributed by atoms with E-state index in [9.17, 15) is 9.59 Å². The predicted molar refractivity (Wildman–Crippen MR) is 76.8 cm³/mol. The van der Waals surface area contributed by atoms with Gasteiger partial charge in [0.2, 0.25) is 0 Å². The second kappa shape index (κ2) is 6.05. The zero-order valence-electron chi connectivity index (χ0n) is 12.0. The fourth-order valence-corrected chi connectivity index (χ4v) is 1.74. The van der Waals surface area contributed by atoms with E-state index < -0.39 is 6.10 Å². The topological polar surface area (TPSA) is 67.4 Å². The second-order valence-electron chi connectivity index (χ2n) is 5.14. The highest BCUT2D eigenvalue weighted by atomic mass is 16.5. The Morgan fingerprint density at radius 1 is 1.35 bits per heavy atom. The maximum absolute atomic E-state index is 12.0. The van der Waals surface area contributed by atoms with Crippen molar-refractivity contribution in [2.75, 3.05) is 12.4 Å². The Balaban J connectivity index is 2.11. The van der Waals surface area contributed by atoms with Crippen molar-refractivity contribution in [1.29, 1.82) is 0 Å². The lowest BCUT2D eigenvalue weighted by atomic mass is 10.1. The largest absolute Gasteiger partial charge is 0.372 e. The Kier molecular flexibility index (Phi) is 4.39. The van der Waals surface area contributed by atoms with Gasteiger partial charge in [-0.15, -0.1) is 0 Å². The molecule has 5 nitrogen and oxygen atoms in total. The maximum atomic E-state index is 12.0. The molecule has 0 radical (unpaired) electrons. The number of nitrogens with one attached hydrogen (secondary N) is 2. The normalized spacial score (nSPS) is 15.6. The number of rotatable bonds is 5. The van der Waals surface area contributed by atoms with Gasteiger partial charge in [0.15, 0.2) is 0 Å². The SMILES string of the molecule is COC(C)C(=O)Nc1cc(C(=O)NC2CC2)ccc1C. The molecule has 2 N–H and O–H groups in total. The molecule has 0 saturated heterocycles. The van der Waals surface area contributed by atoms with Gasteiger partial charge < -0.3 is 15.4 Å². The first kappa shape index (κ1) is 14.5. The molecule has 0 spiro atoms. The van der Waals surface area contributed by atoms with E-state index in [1.165, 1.54) is 7.11 Å². The van der Waals surface area contributed by atoms with Crippen molar-refractivity contribution in [3.05, 3.63) is 29.3 Å². The highest BCUT2D eigenvalue weighted by Gasteiger charge is 2.24. The third-order valence-electron chi connectivity index (χ3n) is 3.39. The van der Waals surface area contributed by atoms with E-state index in [0.717, 1.165) is 18.4 Å². The zero-order valence-corrected chi connectivity index (χ0v) is 12.0. The lowest BCUT2D eigenvalue weighted by Gasteiger charge is -2.13. The minimum Gasteiger partial charge on any atom is -0.372 e. The lowest BCUT2D eigenvalue weighted by Crippen LogP contribution is -2.28. The minimum absolute atomic E-state index is 0.0946. The molecule has 0 bridgehead atoms. The Hall–Kier alpha value is -1.88. The molecule has 1 atom stereocenters. The average molecular weight is 276 g/mol. The first-order valence-electron chi connectivity index (χ1n) is 6.76. The monoisotopic (exact) mass is 276 g/mol. The van der Waals surface area contributed by atoms with E-state index in [2.05, 4.69) is 10.6 Å². The van der Waals surface area contributed by atoms with Crippen molar-refractivity contribution in [3.63, 3.8) is 0 Å². The van der Waals surface area contributed by atoms with Crippen LogP contribution in [-0.2, 0) is 9.53 Å². The molecule has 2 amide bonds. The van der Waals surface area contributed by atoms with Crippen LogP contribution in [0.15, 0.2) is 18.2 Å².